The molecular formula is C17H22N2. The highest BCUT2D eigenvalue weighted by molar-refractivity contribution is 5.36. The van der Waals surface area contributed by atoms with E-state index in [0.29, 0.717) is 6.04 Å². The third kappa shape index (κ3) is 1.74. The lowest BCUT2D eigenvalue weighted by atomic mass is 10.0. The molecule has 0 N–H and O–H groups in total. The molecule has 19 heavy (non-hydrogen) atoms. The highest BCUT2D eigenvalue weighted by Gasteiger charge is 2.45. The summed E-state index contributed by atoms with van der Waals surface area (Å²) < 4.78 is 0. The molecule has 1 atom stereocenters. The van der Waals surface area contributed by atoms with Crippen LogP contribution >= 0.6 is 0 Å². The van der Waals surface area contributed by atoms with Crippen LogP contribution < -0.4 is 0 Å². The number of nitrogens with zero attached hydrogens (tertiary/aromatic N) is 2. The Balaban J connectivity index is 2.03. The van der Waals surface area contributed by atoms with Crippen LogP contribution in [0.3, 0.4) is 0 Å². The van der Waals surface area contributed by atoms with Crippen LogP contribution in [-0.4, -0.2) is 27.1 Å². The minimum atomic E-state index is -0.0569. The maximum absolute atomic E-state index is 2.47. The zero-order valence-corrected chi connectivity index (χ0v) is 12.2. The number of allylic oxidation sites excluding steroid dienone is 5. The first-order chi connectivity index (χ1) is 8.96. The molecule has 2 heteroatoms. The molecule has 2 aliphatic carbocycles. The summed E-state index contributed by atoms with van der Waals surface area (Å²) in [7, 11) is 0. The second-order valence-electron chi connectivity index (χ2n) is 6.09. The van der Waals surface area contributed by atoms with Crippen LogP contribution in [0.1, 0.15) is 27.7 Å². The summed E-state index contributed by atoms with van der Waals surface area (Å²) in [6, 6.07) is 0.400. The largest absolute Gasteiger partial charge is 0.295 e. The average Bonchev–Trinajstić information content (AvgIpc) is 3.01. The van der Waals surface area contributed by atoms with Crippen molar-refractivity contribution in [2.75, 3.05) is 0 Å². The molecule has 1 heterocycles. The normalized spacial score (nSPS) is 30.6. The molecule has 0 saturated heterocycles. The lowest BCUT2D eigenvalue weighted by Gasteiger charge is -2.49. The van der Waals surface area contributed by atoms with Crippen LogP contribution in [0.5, 0.6) is 0 Å². The monoisotopic (exact) mass is 254 g/mol. The van der Waals surface area contributed by atoms with E-state index in [1.54, 1.807) is 0 Å². The van der Waals surface area contributed by atoms with Gasteiger partial charge in [0.1, 0.15) is 0 Å². The molecule has 1 aliphatic heterocycles. The minimum Gasteiger partial charge on any atom is -0.295 e. The number of hydrogen-bond donors (Lipinski definition) is 0. The van der Waals surface area contributed by atoms with Crippen molar-refractivity contribution >= 4 is 0 Å². The zero-order chi connectivity index (χ0) is 13.7. The first-order valence-corrected chi connectivity index (χ1v) is 6.98. The van der Waals surface area contributed by atoms with Crippen molar-refractivity contribution in [3.05, 3.63) is 60.4 Å². The van der Waals surface area contributed by atoms with Crippen LogP contribution in [0.25, 0.3) is 0 Å². The Bertz CT molecular complexity index is 509. The Morgan fingerprint density at radius 2 is 1.37 bits per heavy atom. The van der Waals surface area contributed by atoms with Gasteiger partial charge in [-0.1, -0.05) is 48.6 Å². The first-order valence-electron chi connectivity index (χ1n) is 6.98. The van der Waals surface area contributed by atoms with E-state index < -0.39 is 0 Å². The SMILES string of the molecule is CC1=CC(C)N(C2(C)C=CC=C2)N1C1(C)C=CC=C1. The molecule has 3 aliphatic rings. The van der Waals surface area contributed by atoms with Gasteiger partial charge in [0, 0.05) is 11.7 Å². The van der Waals surface area contributed by atoms with Crippen molar-refractivity contribution in [2.24, 2.45) is 0 Å². The van der Waals surface area contributed by atoms with Gasteiger partial charge in [0.2, 0.25) is 0 Å². The molecule has 0 amide bonds. The summed E-state index contributed by atoms with van der Waals surface area (Å²) in [5, 5.41) is 4.90. The number of hydrogen-bond acceptors (Lipinski definition) is 2. The van der Waals surface area contributed by atoms with Crippen LogP contribution in [0.15, 0.2) is 60.4 Å². The molecule has 100 valence electrons. The Morgan fingerprint density at radius 3 is 1.89 bits per heavy atom. The van der Waals surface area contributed by atoms with E-state index in [1.165, 1.54) is 5.70 Å². The van der Waals surface area contributed by atoms with E-state index in [0.717, 1.165) is 0 Å². The molecule has 0 saturated carbocycles. The van der Waals surface area contributed by atoms with Crippen LogP contribution in [0.4, 0.5) is 0 Å². The molecule has 3 rings (SSSR count). The lowest BCUT2D eigenvalue weighted by molar-refractivity contribution is -0.0739. The maximum atomic E-state index is 2.47. The van der Waals surface area contributed by atoms with E-state index in [1.807, 2.05) is 0 Å². The second kappa shape index (κ2) is 3.97. The molecule has 0 fully saturated rings. The van der Waals surface area contributed by atoms with Gasteiger partial charge >= 0.3 is 0 Å². The predicted octanol–water partition coefficient (Wildman–Crippen LogP) is 3.58. The molecule has 1 unspecified atom stereocenters. The quantitative estimate of drug-likeness (QED) is 0.743. The van der Waals surface area contributed by atoms with E-state index in [4.69, 9.17) is 0 Å². The fourth-order valence-corrected chi connectivity index (χ4v) is 3.52. The molecular weight excluding hydrogens is 232 g/mol. The number of rotatable bonds is 2. The van der Waals surface area contributed by atoms with Gasteiger partial charge in [0.25, 0.3) is 0 Å². The Labute approximate surface area is 116 Å². The average molecular weight is 254 g/mol. The van der Waals surface area contributed by atoms with E-state index in [2.05, 4.69) is 92.4 Å². The lowest BCUT2D eigenvalue weighted by Crippen LogP contribution is -2.59. The van der Waals surface area contributed by atoms with Crippen LogP contribution in [0.2, 0.25) is 0 Å². The van der Waals surface area contributed by atoms with Gasteiger partial charge in [-0.05, 0) is 33.8 Å². The molecule has 0 radical (unpaired) electrons. The van der Waals surface area contributed by atoms with E-state index in [-0.39, 0.29) is 11.1 Å². The summed E-state index contributed by atoms with van der Waals surface area (Å²) >= 11 is 0. The third-order valence-corrected chi connectivity index (χ3v) is 4.32. The van der Waals surface area contributed by atoms with Crippen molar-refractivity contribution < 1.29 is 0 Å². The van der Waals surface area contributed by atoms with Crippen molar-refractivity contribution in [2.45, 2.75) is 44.8 Å². The molecule has 0 spiro atoms. The first kappa shape index (κ1) is 12.5. The van der Waals surface area contributed by atoms with Gasteiger partial charge in [0.05, 0.1) is 11.1 Å². The van der Waals surface area contributed by atoms with Crippen molar-refractivity contribution in [1.29, 1.82) is 0 Å². The highest BCUT2D eigenvalue weighted by atomic mass is 15.7. The Morgan fingerprint density at radius 1 is 0.895 bits per heavy atom. The highest BCUT2D eigenvalue weighted by Crippen LogP contribution is 2.40. The Hall–Kier alpha value is -1.54. The van der Waals surface area contributed by atoms with Crippen molar-refractivity contribution in [3.63, 3.8) is 0 Å². The maximum Gasteiger partial charge on any atom is 0.0900 e. The van der Waals surface area contributed by atoms with Crippen molar-refractivity contribution in [1.82, 2.24) is 10.0 Å². The number of hydrazine groups is 1. The summed E-state index contributed by atoms with van der Waals surface area (Å²) in [6.07, 6.45) is 20.0. The smallest absolute Gasteiger partial charge is 0.0900 e. The summed E-state index contributed by atoms with van der Waals surface area (Å²) in [6.45, 7) is 9.00. The molecule has 0 aromatic rings. The predicted molar refractivity (Wildman–Crippen MR) is 80.3 cm³/mol. The standard InChI is InChI=1S/C17H22N2/c1-14-13-15(2)19(17(4)11-7-8-12-17)18(14)16(3)9-5-6-10-16/h5-14H,1-4H3. The van der Waals surface area contributed by atoms with E-state index in [9.17, 15) is 0 Å². The van der Waals surface area contributed by atoms with Gasteiger partial charge in [-0.2, -0.15) is 0 Å². The topological polar surface area (TPSA) is 6.48 Å². The molecule has 2 nitrogen and oxygen atoms in total. The van der Waals surface area contributed by atoms with Crippen molar-refractivity contribution in [3.8, 4) is 0 Å². The third-order valence-electron chi connectivity index (χ3n) is 4.32. The zero-order valence-electron chi connectivity index (χ0n) is 12.2. The van der Waals surface area contributed by atoms with Gasteiger partial charge in [-0.3, -0.25) is 5.01 Å². The summed E-state index contributed by atoms with van der Waals surface area (Å²) in [5.74, 6) is 0. The van der Waals surface area contributed by atoms with Gasteiger partial charge in [-0.15, -0.1) is 0 Å². The van der Waals surface area contributed by atoms with Crippen LogP contribution in [-0.2, 0) is 0 Å². The van der Waals surface area contributed by atoms with Gasteiger partial charge in [0.15, 0.2) is 0 Å². The molecule has 0 bridgehead atoms. The second-order valence-corrected chi connectivity index (χ2v) is 6.09. The fourth-order valence-electron chi connectivity index (χ4n) is 3.52. The van der Waals surface area contributed by atoms with Crippen LogP contribution in [0, 0.1) is 0 Å². The van der Waals surface area contributed by atoms with Gasteiger partial charge < -0.3 is 0 Å². The summed E-state index contributed by atoms with van der Waals surface area (Å²) in [4.78, 5) is 0. The summed E-state index contributed by atoms with van der Waals surface area (Å²) in [5.41, 5.74) is 1.22. The molecule has 0 aromatic heterocycles. The molecule has 0 aromatic carbocycles. The van der Waals surface area contributed by atoms with Gasteiger partial charge in [-0.25, -0.2) is 5.01 Å². The Kier molecular flexibility index (Phi) is 2.61. The fraction of sp³-hybridized carbons (Fsp3) is 0.412. The minimum absolute atomic E-state index is 0.0407. The van der Waals surface area contributed by atoms with E-state index >= 15 is 0 Å².